The summed E-state index contributed by atoms with van der Waals surface area (Å²) >= 11 is 4.66. The minimum absolute atomic E-state index is 0.0181. The molecule has 0 aliphatic rings. The van der Waals surface area contributed by atoms with Crippen LogP contribution in [-0.4, -0.2) is 41.2 Å². The Hall–Kier alpha value is -0.710. The third-order valence-electron chi connectivity index (χ3n) is 4.74. The van der Waals surface area contributed by atoms with Crippen LogP contribution in [-0.2, 0) is 14.3 Å². The van der Waals surface area contributed by atoms with Gasteiger partial charge in [-0.1, -0.05) is 51.9 Å². The van der Waals surface area contributed by atoms with Gasteiger partial charge in [-0.25, -0.2) is 4.79 Å². The largest absolute Gasteiger partial charge is 0.461 e. The van der Waals surface area contributed by atoms with Crippen LogP contribution in [0.2, 0.25) is 0 Å². The van der Waals surface area contributed by atoms with E-state index in [1.807, 2.05) is 13.8 Å². The molecule has 0 N–H and O–H groups in total. The molecule has 0 aliphatic heterocycles. The first kappa shape index (κ1) is 25.3. The minimum Gasteiger partial charge on any atom is -0.461 e. The van der Waals surface area contributed by atoms with Gasteiger partial charge in [0.2, 0.25) is 5.91 Å². The van der Waals surface area contributed by atoms with Crippen LogP contribution < -0.4 is 0 Å². The summed E-state index contributed by atoms with van der Waals surface area (Å²) in [5.41, 5.74) is 0. The van der Waals surface area contributed by atoms with Gasteiger partial charge in [-0.15, -0.1) is 0 Å². The third-order valence-corrected chi connectivity index (χ3v) is 5.25. The number of hydrogen-bond acceptors (Lipinski definition) is 4. The highest BCUT2D eigenvalue weighted by atomic mass is 32.1. The maximum Gasteiger partial charge on any atom is 0.328 e. The van der Waals surface area contributed by atoms with Crippen molar-refractivity contribution in [1.82, 2.24) is 4.90 Å². The number of hydrogen-bond donors (Lipinski definition) is 1. The Labute approximate surface area is 166 Å². The summed E-state index contributed by atoms with van der Waals surface area (Å²) in [4.78, 5) is 25.6. The summed E-state index contributed by atoms with van der Waals surface area (Å²) in [7, 11) is 1.68. The minimum atomic E-state index is -0.523. The quantitative estimate of drug-likeness (QED) is 0.233. The van der Waals surface area contributed by atoms with Crippen molar-refractivity contribution in [3.05, 3.63) is 0 Å². The number of carbonyl (C=O) groups excluding carboxylic acids is 2. The van der Waals surface area contributed by atoms with Gasteiger partial charge in [0.25, 0.3) is 0 Å². The van der Waals surface area contributed by atoms with E-state index in [9.17, 15) is 9.59 Å². The standard InChI is InChI=1S/C21H41NO3S/c1-6-7-11-14-19(26)15-12-9-8-10-13-16-20(23)22(5)18(4)21(24)25-17(2)3/h17-19,26H,6-16H2,1-5H3. The van der Waals surface area contributed by atoms with Crippen LogP contribution in [0.1, 0.15) is 98.3 Å². The van der Waals surface area contributed by atoms with Gasteiger partial charge in [0.1, 0.15) is 6.04 Å². The predicted octanol–water partition coefficient (Wildman–Crippen LogP) is 5.39. The number of esters is 1. The lowest BCUT2D eigenvalue weighted by molar-refractivity contribution is -0.156. The van der Waals surface area contributed by atoms with E-state index < -0.39 is 6.04 Å². The first-order chi connectivity index (χ1) is 12.3. The number of rotatable bonds is 15. The molecule has 0 saturated heterocycles. The van der Waals surface area contributed by atoms with Gasteiger partial charge in [0.05, 0.1) is 6.10 Å². The van der Waals surface area contributed by atoms with Crippen LogP contribution in [0.3, 0.4) is 0 Å². The molecule has 5 heteroatoms. The average molecular weight is 388 g/mol. The van der Waals surface area contributed by atoms with Gasteiger partial charge in [-0.05, 0) is 40.0 Å². The molecule has 0 aromatic rings. The van der Waals surface area contributed by atoms with Crippen molar-refractivity contribution in [3.8, 4) is 0 Å². The fraction of sp³-hybridized carbons (Fsp3) is 0.905. The summed E-state index contributed by atoms with van der Waals surface area (Å²) in [5.74, 6) is -0.319. The molecule has 26 heavy (non-hydrogen) atoms. The lowest BCUT2D eigenvalue weighted by Gasteiger charge is -2.24. The first-order valence-corrected chi connectivity index (χ1v) is 10.9. The molecule has 0 heterocycles. The van der Waals surface area contributed by atoms with E-state index in [-0.39, 0.29) is 18.0 Å². The van der Waals surface area contributed by atoms with Gasteiger partial charge in [-0.2, -0.15) is 12.6 Å². The number of carbonyl (C=O) groups is 2. The Morgan fingerprint density at radius 1 is 0.923 bits per heavy atom. The van der Waals surface area contributed by atoms with Gasteiger partial charge < -0.3 is 9.64 Å². The zero-order valence-corrected chi connectivity index (χ0v) is 18.5. The van der Waals surface area contributed by atoms with E-state index in [1.165, 1.54) is 49.8 Å². The smallest absolute Gasteiger partial charge is 0.328 e. The van der Waals surface area contributed by atoms with E-state index in [0.717, 1.165) is 19.3 Å². The molecule has 0 saturated carbocycles. The van der Waals surface area contributed by atoms with Crippen molar-refractivity contribution in [1.29, 1.82) is 0 Å². The van der Waals surface area contributed by atoms with Gasteiger partial charge in [-0.3, -0.25) is 4.79 Å². The topological polar surface area (TPSA) is 46.6 Å². The maximum atomic E-state index is 12.2. The Balaban J connectivity index is 3.74. The van der Waals surface area contributed by atoms with Crippen LogP contribution >= 0.6 is 12.6 Å². The molecule has 0 bridgehead atoms. The second-order valence-corrected chi connectivity index (χ2v) is 8.35. The number of unbranched alkanes of at least 4 members (excludes halogenated alkanes) is 6. The van der Waals surface area contributed by atoms with Crippen molar-refractivity contribution in [3.63, 3.8) is 0 Å². The van der Waals surface area contributed by atoms with Crippen LogP contribution in [0.5, 0.6) is 0 Å². The Morgan fingerprint density at radius 2 is 1.46 bits per heavy atom. The average Bonchev–Trinajstić information content (AvgIpc) is 2.58. The van der Waals surface area contributed by atoms with Gasteiger partial charge in [0, 0.05) is 18.7 Å². The molecule has 2 atom stereocenters. The SMILES string of the molecule is CCCCCC(S)CCCCCCCC(=O)N(C)C(C)C(=O)OC(C)C. The Kier molecular flexibility index (Phi) is 14.9. The monoisotopic (exact) mass is 387 g/mol. The van der Waals surface area contributed by atoms with Crippen molar-refractivity contribution in [2.75, 3.05) is 7.05 Å². The fourth-order valence-electron chi connectivity index (χ4n) is 2.84. The summed E-state index contributed by atoms with van der Waals surface area (Å²) in [6.45, 7) is 7.58. The Bertz CT molecular complexity index is 387. The van der Waals surface area contributed by atoms with Crippen molar-refractivity contribution < 1.29 is 14.3 Å². The number of likely N-dealkylation sites (N-methyl/N-ethyl adjacent to an activating group) is 1. The van der Waals surface area contributed by atoms with E-state index in [1.54, 1.807) is 14.0 Å². The predicted molar refractivity (Wildman–Crippen MR) is 113 cm³/mol. The summed E-state index contributed by atoms with van der Waals surface area (Å²) in [6.07, 6.45) is 12.2. The lowest BCUT2D eigenvalue weighted by Crippen LogP contribution is -2.41. The lowest BCUT2D eigenvalue weighted by atomic mass is 10.0. The fourth-order valence-corrected chi connectivity index (χ4v) is 3.21. The van der Waals surface area contributed by atoms with Crippen molar-refractivity contribution >= 4 is 24.5 Å². The third kappa shape index (κ3) is 12.6. The molecule has 0 radical (unpaired) electrons. The van der Waals surface area contributed by atoms with E-state index >= 15 is 0 Å². The van der Waals surface area contributed by atoms with E-state index in [0.29, 0.717) is 11.7 Å². The summed E-state index contributed by atoms with van der Waals surface area (Å²) < 4.78 is 5.16. The normalized spacial score (nSPS) is 13.5. The molecule has 0 aromatic heterocycles. The van der Waals surface area contributed by atoms with E-state index in [4.69, 9.17) is 4.74 Å². The number of amides is 1. The molecule has 0 rings (SSSR count). The Morgan fingerprint density at radius 3 is 2.04 bits per heavy atom. The van der Waals surface area contributed by atoms with Crippen LogP contribution in [0, 0.1) is 0 Å². The first-order valence-electron chi connectivity index (χ1n) is 10.4. The highest BCUT2D eigenvalue weighted by Crippen LogP contribution is 2.17. The molecule has 154 valence electrons. The number of thiol groups is 1. The van der Waals surface area contributed by atoms with Crippen LogP contribution in [0.25, 0.3) is 0 Å². The number of ether oxygens (including phenoxy) is 1. The second-order valence-electron chi connectivity index (χ2n) is 7.62. The van der Waals surface area contributed by atoms with Crippen molar-refractivity contribution in [2.24, 2.45) is 0 Å². The zero-order valence-electron chi connectivity index (χ0n) is 17.6. The highest BCUT2D eigenvalue weighted by Gasteiger charge is 2.23. The summed E-state index contributed by atoms with van der Waals surface area (Å²) in [6, 6.07) is -0.523. The molecular formula is C21H41NO3S. The zero-order chi connectivity index (χ0) is 19.9. The molecule has 4 nitrogen and oxygen atoms in total. The van der Waals surface area contributed by atoms with Gasteiger partial charge in [0.15, 0.2) is 0 Å². The highest BCUT2D eigenvalue weighted by molar-refractivity contribution is 7.80. The molecular weight excluding hydrogens is 346 g/mol. The van der Waals surface area contributed by atoms with Crippen LogP contribution in [0.4, 0.5) is 0 Å². The molecule has 0 aromatic carbocycles. The molecule has 1 amide bonds. The molecule has 0 spiro atoms. The van der Waals surface area contributed by atoms with Crippen LogP contribution in [0.15, 0.2) is 0 Å². The molecule has 2 unspecified atom stereocenters. The van der Waals surface area contributed by atoms with Crippen molar-refractivity contribution in [2.45, 2.75) is 116 Å². The number of nitrogens with zero attached hydrogens (tertiary/aromatic N) is 1. The molecule has 0 fully saturated rings. The second kappa shape index (κ2) is 15.4. The van der Waals surface area contributed by atoms with Gasteiger partial charge >= 0.3 is 5.97 Å². The van der Waals surface area contributed by atoms with E-state index in [2.05, 4.69) is 19.6 Å². The summed E-state index contributed by atoms with van der Waals surface area (Å²) in [5, 5.41) is 0.545. The molecule has 0 aliphatic carbocycles. The maximum absolute atomic E-state index is 12.2.